The number of nitrogens with one attached hydrogen (secondary N) is 2. The molecule has 0 amide bonds. The fourth-order valence-electron chi connectivity index (χ4n) is 4.21. The van der Waals surface area contributed by atoms with Crippen LogP contribution in [0.1, 0.15) is 31.2 Å². The molecule has 7 heteroatoms. The Balaban J connectivity index is 1.26. The Morgan fingerprint density at radius 1 is 1.07 bits per heavy atom. The minimum Gasteiger partial charge on any atom is -0.350 e. The molecule has 2 N–H and O–H groups in total. The number of hydrogen-bond donors (Lipinski definition) is 2. The van der Waals surface area contributed by atoms with Crippen LogP contribution in [-0.4, -0.2) is 58.1 Å². The zero-order chi connectivity index (χ0) is 18.5. The van der Waals surface area contributed by atoms with E-state index in [1.165, 1.54) is 24.8 Å². The van der Waals surface area contributed by atoms with Gasteiger partial charge in [0, 0.05) is 56.5 Å². The molecular weight excluding hydrogens is 340 g/mol. The molecule has 0 spiro atoms. The fourth-order valence-corrected chi connectivity index (χ4v) is 4.21. The number of H-pyrrole nitrogens is 1. The van der Waals surface area contributed by atoms with E-state index in [1.54, 1.807) is 12.4 Å². The van der Waals surface area contributed by atoms with Crippen LogP contribution in [0.25, 0.3) is 0 Å². The summed E-state index contributed by atoms with van der Waals surface area (Å²) in [5.41, 5.74) is 1.24. The average molecular weight is 368 g/mol. The SMILES string of the molecule is O=c1[nH]ccnc1N1CCC[C@@H](NC2CCN(Cc3ccncc3)CC2)C1. The van der Waals surface area contributed by atoms with Crippen LogP contribution in [0.4, 0.5) is 5.82 Å². The first kappa shape index (κ1) is 18.1. The second-order valence-electron chi connectivity index (χ2n) is 7.60. The summed E-state index contributed by atoms with van der Waals surface area (Å²) in [4.78, 5) is 27.8. The number of aromatic nitrogens is 3. The number of nitrogens with zero attached hydrogens (tertiary/aromatic N) is 4. The predicted octanol–water partition coefficient (Wildman–Crippen LogP) is 1.39. The van der Waals surface area contributed by atoms with Crippen LogP contribution in [0.3, 0.4) is 0 Å². The molecule has 4 heterocycles. The molecule has 0 aliphatic carbocycles. The second kappa shape index (κ2) is 8.63. The van der Waals surface area contributed by atoms with Crippen LogP contribution in [0.2, 0.25) is 0 Å². The number of likely N-dealkylation sites (tertiary alicyclic amines) is 1. The Bertz CT molecular complexity index is 771. The molecule has 2 aromatic heterocycles. The van der Waals surface area contributed by atoms with Crippen LogP contribution in [0.15, 0.2) is 41.7 Å². The van der Waals surface area contributed by atoms with Gasteiger partial charge in [0.15, 0.2) is 5.82 Å². The Morgan fingerprint density at radius 3 is 2.67 bits per heavy atom. The van der Waals surface area contributed by atoms with Gasteiger partial charge in [-0.15, -0.1) is 0 Å². The van der Waals surface area contributed by atoms with Crippen molar-refractivity contribution in [2.24, 2.45) is 0 Å². The van der Waals surface area contributed by atoms with E-state index in [2.05, 4.69) is 42.2 Å². The smallest absolute Gasteiger partial charge is 0.290 e. The quantitative estimate of drug-likeness (QED) is 0.831. The Labute approximate surface area is 159 Å². The molecule has 2 saturated heterocycles. The largest absolute Gasteiger partial charge is 0.350 e. The van der Waals surface area contributed by atoms with Crippen LogP contribution >= 0.6 is 0 Å². The van der Waals surface area contributed by atoms with Crippen LogP contribution in [-0.2, 0) is 6.54 Å². The summed E-state index contributed by atoms with van der Waals surface area (Å²) in [6.45, 7) is 5.02. The van der Waals surface area contributed by atoms with Gasteiger partial charge in [0.25, 0.3) is 5.56 Å². The third-order valence-corrected chi connectivity index (χ3v) is 5.62. The molecule has 2 aliphatic heterocycles. The average Bonchev–Trinajstić information content (AvgIpc) is 2.71. The van der Waals surface area contributed by atoms with Gasteiger partial charge < -0.3 is 15.2 Å². The van der Waals surface area contributed by atoms with Crippen LogP contribution < -0.4 is 15.8 Å². The molecule has 144 valence electrons. The molecule has 2 aromatic rings. The van der Waals surface area contributed by atoms with Crippen LogP contribution in [0.5, 0.6) is 0 Å². The molecule has 27 heavy (non-hydrogen) atoms. The lowest BCUT2D eigenvalue weighted by atomic mass is 10.00. The van der Waals surface area contributed by atoms with E-state index in [9.17, 15) is 4.79 Å². The van der Waals surface area contributed by atoms with Gasteiger partial charge in [0.05, 0.1) is 0 Å². The summed E-state index contributed by atoms with van der Waals surface area (Å²) in [7, 11) is 0. The summed E-state index contributed by atoms with van der Waals surface area (Å²) < 4.78 is 0. The molecule has 2 fully saturated rings. The molecule has 0 radical (unpaired) electrons. The van der Waals surface area contributed by atoms with Crippen LogP contribution in [0, 0.1) is 0 Å². The Morgan fingerprint density at radius 2 is 1.89 bits per heavy atom. The molecule has 1 atom stereocenters. The third kappa shape index (κ3) is 4.73. The van der Waals surface area contributed by atoms with Crippen molar-refractivity contribution in [2.45, 2.75) is 44.3 Å². The van der Waals surface area contributed by atoms with E-state index in [1.807, 2.05) is 12.4 Å². The highest BCUT2D eigenvalue weighted by atomic mass is 16.1. The first-order valence-corrected chi connectivity index (χ1v) is 9.94. The van der Waals surface area contributed by atoms with Gasteiger partial charge in [0.1, 0.15) is 0 Å². The Hall–Kier alpha value is -2.25. The number of hydrogen-bond acceptors (Lipinski definition) is 6. The Kier molecular flexibility index (Phi) is 5.79. The van der Waals surface area contributed by atoms with E-state index in [4.69, 9.17) is 0 Å². The number of rotatable bonds is 5. The van der Waals surface area contributed by atoms with E-state index in [0.29, 0.717) is 17.9 Å². The number of aromatic amines is 1. The first-order valence-electron chi connectivity index (χ1n) is 9.94. The monoisotopic (exact) mass is 368 g/mol. The molecule has 0 aromatic carbocycles. The van der Waals surface area contributed by atoms with E-state index >= 15 is 0 Å². The van der Waals surface area contributed by atoms with Crippen molar-refractivity contribution in [3.63, 3.8) is 0 Å². The maximum atomic E-state index is 12.0. The molecule has 2 aliphatic rings. The number of pyridine rings is 1. The predicted molar refractivity (Wildman–Crippen MR) is 106 cm³/mol. The number of anilines is 1. The van der Waals surface area contributed by atoms with Gasteiger partial charge in [-0.2, -0.15) is 0 Å². The molecular formula is C20H28N6O. The minimum absolute atomic E-state index is 0.0948. The lowest BCUT2D eigenvalue weighted by Crippen LogP contribution is -2.52. The lowest BCUT2D eigenvalue weighted by Gasteiger charge is -2.38. The van der Waals surface area contributed by atoms with Crippen molar-refractivity contribution in [1.82, 2.24) is 25.2 Å². The van der Waals surface area contributed by atoms with Crippen molar-refractivity contribution in [2.75, 3.05) is 31.1 Å². The minimum atomic E-state index is -0.0948. The van der Waals surface area contributed by atoms with Gasteiger partial charge in [-0.05, 0) is 56.5 Å². The maximum absolute atomic E-state index is 12.0. The topological polar surface area (TPSA) is 77.2 Å². The summed E-state index contributed by atoms with van der Waals surface area (Å²) in [6.07, 6.45) is 11.6. The highest BCUT2D eigenvalue weighted by Crippen LogP contribution is 2.18. The summed E-state index contributed by atoms with van der Waals surface area (Å²) in [5, 5.41) is 3.84. The number of piperidine rings is 2. The zero-order valence-electron chi connectivity index (χ0n) is 15.7. The van der Waals surface area contributed by atoms with Crippen molar-refractivity contribution in [3.05, 3.63) is 52.8 Å². The van der Waals surface area contributed by atoms with E-state index in [-0.39, 0.29) is 5.56 Å². The van der Waals surface area contributed by atoms with Crippen molar-refractivity contribution in [1.29, 1.82) is 0 Å². The van der Waals surface area contributed by atoms with E-state index in [0.717, 1.165) is 39.1 Å². The van der Waals surface area contributed by atoms with Crippen molar-refractivity contribution < 1.29 is 0 Å². The van der Waals surface area contributed by atoms with Gasteiger partial charge in [-0.25, -0.2) is 4.98 Å². The van der Waals surface area contributed by atoms with Gasteiger partial charge in [-0.1, -0.05) is 0 Å². The van der Waals surface area contributed by atoms with Crippen molar-refractivity contribution >= 4 is 5.82 Å². The molecule has 7 nitrogen and oxygen atoms in total. The summed E-state index contributed by atoms with van der Waals surface area (Å²) in [5.74, 6) is 0.552. The standard InChI is InChI=1S/C20H28N6O/c27-20-19(22-9-10-23-20)26-11-1-2-18(15-26)24-17-5-12-25(13-6-17)14-16-3-7-21-8-4-16/h3-4,7-10,17-18,24H,1-2,5-6,11-15H2,(H,23,27)/t18-/m1/s1. The molecule has 4 rings (SSSR count). The molecule has 0 saturated carbocycles. The normalized spacial score (nSPS) is 22.1. The molecule has 0 unspecified atom stereocenters. The summed E-state index contributed by atoms with van der Waals surface area (Å²) >= 11 is 0. The zero-order valence-corrected chi connectivity index (χ0v) is 15.7. The van der Waals surface area contributed by atoms with Gasteiger partial charge in [-0.3, -0.25) is 14.7 Å². The van der Waals surface area contributed by atoms with Crippen molar-refractivity contribution in [3.8, 4) is 0 Å². The lowest BCUT2D eigenvalue weighted by molar-refractivity contribution is 0.181. The highest BCUT2D eigenvalue weighted by molar-refractivity contribution is 5.36. The summed E-state index contributed by atoms with van der Waals surface area (Å²) in [6, 6.07) is 5.18. The van der Waals surface area contributed by atoms with E-state index < -0.39 is 0 Å². The molecule has 0 bridgehead atoms. The second-order valence-corrected chi connectivity index (χ2v) is 7.60. The van der Waals surface area contributed by atoms with Gasteiger partial charge >= 0.3 is 0 Å². The highest BCUT2D eigenvalue weighted by Gasteiger charge is 2.26. The fraction of sp³-hybridized carbons (Fsp3) is 0.550. The first-order chi connectivity index (χ1) is 13.3. The van der Waals surface area contributed by atoms with Gasteiger partial charge in [0.2, 0.25) is 0 Å². The third-order valence-electron chi connectivity index (χ3n) is 5.62. The maximum Gasteiger partial charge on any atom is 0.290 e.